The number of hydrogen-bond acceptors (Lipinski definition) is 3. The number of aromatic amines is 1. The quantitative estimate of drug-likeness (QED) is 0.804. The molecule has 1 aliphatic heterocycles. The number of likely N-dealkylation sites (tertiary alicyclic amines) is 1. The first-order valence-electron chi connectivity index (χ1n) is 7.92. The molecule has 0 aliphatic carbocycles. The maximum Gasteiger partial charge on any atom is 0.0704 e. The van der Waals surface area contributed by atoms with Crippen LogP contribution in [0, 0.1) is 5.92 Å². The van der Waals surface area contributed by atoms with Gasteiger partial charge in [0.15, 0.2) is 0 Å². The van der Waals surface area contributed by atoms with Crippen molar-refractivity contribution in [3.63, 3.8) is 0 Å². The van der Waals surface area contributed by atoms with Crippen LogP contribution in [0.2, 0.25) is 0 Å². The summed E-state index contributed by atoms with van der Waals surface area (Å²) in [6, 6.07) is 12.7. The molecule has 1 saturated heterocycles. The Kier molecular flexibility index (Phi) is 3.60. The van der Waals surface area contributed by atoms with Crippen molar-refractivity contribution in [2.75, 3.05) is 13.1 Å². The lowest BCUT2D eigenvalue weighted by atomic mass is 9.96. The maximum absolute atomic E-state index is 4.46. The zero-order valence-electron chi connectivity index (χ0n) is 12.6. The topological polar surface area (TPSA) is 44.8 Å². The highest BCUT2D eigenvalue weighted by molar-refractivity contribution is 5.81. The van der Waals surface area contributed by atoms with Crippen LogP contribution in [-0.4, -0.2) is 33.2 Å². The lowest BCUT2D eigenvalue weighted by Gasteiger charge is -2.15. The minimum atomic E-state index is 0.730. The van der Waals surface area contributed by atoms with Gasteiger partial charge in [-0.2, -0.15) is 5.10 Å². The Morgan fingerprint density at radius 2 is 2.09 bits per heavy atom. The molecule has 1 unspecified atom stereocenters. The molecule has 1 fully saturated rings. The van der Waals surface area contributed by atoms with Gasteiger partial charge in [0.2, 0.25) is 0 Å². The molecule has 3 heterocycles. The number of nitrogens with zero attached hydrogens (tertiary/aromatic N) is 3. The van der Waals surface area contributed by atoms with E-state index >= 15 is 0 Å². The maximum atomic E-state index is 4.46. The minimum absolute atomic E-state index is 0.730. The van der Waals surface area contributed by atoms with Gasteiger partial charge in [0, 0.05) is 36.6 Å². The molecule has 0 radical (unpaired) electrons. The number of nitrogens with one attached hydrogen (secondary N) is 1. The number of H-pyrrole nitrogens is 1. The van der Waals surface area contributed by atoms with E-state index in [0.717, 1.165) is 30.9 Å². The number of aromatic nitrogens is 3. The third kappa shape index (κ3) is 2.74. The van der Waals surface area contributed by atoms with E-state index in [9.17, 15) is 0 Å². The molecule has 2 aromatic heterocycles. The summed E-state index contributed by atoms with van der Waals surface area (Å²) in [6.07, 6.45) is 6.17. The second kappa shape index (κ2) is 5.89. The van der Waals surface area contributed by atoms with Crippen LogP contribution in [0.15, 0.2) is 48.8 Å². The zero-order chi connectivity index (χ0) is 14.8. The fraction of sp³-hybridized carbons (Fsp3) is 0.333. The molecule has 1 aromatic carbocycles. The van der Waals surface area contributed by atoms with E-state index in [1.165, 1.54) is 29.6 Å². The summed E-state index contributed by atoms with van der Waals surface area (Å²) >= 11 is 0. The molecule has 4 rings (SSSR count). The first-order valence-corrected chi connectivity index (χ1v) is 7.92. The van der Waals surface area contributed by atoms with Crippen molar-refractivity contribution in [3.8, 4) is 0 Å². The molecule has 112 valence electrons. The van der Waals surface area contributed by atoms with Crippen LogP contribution in [0.5, 0.6) is 0 Å². The summed E-state index contributed by atoms with van der Waals surface area (Å²) in [5, 5.41) is 8.38. The molecule has 1 atom stereocenters. The van der Waals surface area contributed by atoms with Crippen molar-refractivity contribution in [3.05, 3.63) is 60.0 Å². The van der Waals surface area contributed by atoms with Crippen molar-refractivity contribution in [2.24, 2.45) is 5.92 Å². The Morgan fingerprint density at radius 3 is 3.00 bits per heavy atom. The van der Waals surface area contributed by atoms with Crippen LogP contribution >= 0.6 is 0 Å². The smallest absolute Gasteiger partial charge is 0.0704 e. The van der Waals surface area contributed by atoms with Gasteiger partial charge in [-0.25, -0.2) is 0 Å². The number of para-hydroxylation sites is 1. The number of fused-ring (bicyclic) bond motifs is 1. The van der Waals surface area contributed by atoms with Crippen LogP contribution in [0.3, 0.4) is 0 Å². The van der Waals surface area contributed by atoms with Crippen LogP contribution in [0.1, 0.15) is 17.7 Å². The molecule has 0 spiro atoms. The van der Waals surface area contributed by atoms with Crippen molar-refractivity contribution in [1.29, 1.82) is 0 Å². The van der Waals surface area contributed by atoms with Gasteiger partial charge in [-0.3, -0.25) is 15.0 Å². The third-order valence-electron chi connectivity index (χ3n) is 4.57. The SMILES string of the molecule is c1ccc2c(CC3CCN(Cc4ccn[nH]4)C3)ccnc2c1. The van der Waals surface area contributed by atoms with Crippen molar-refractivity contribution in [1.82, 2.24) is 20.1 Å². The molecule has 0 bridgehead atoms. The van der Waals surface area contributed by atoms with Gasteiger partial charge in [-0.15, -0.1) is 0 Å². The summed E-state index contributed by atoms with van der Waals surface area (Å²) in [7, 11) is 0. The van der Waals surface area contributed by atoms with Gasteiger partial charge in [-0.05, 0) is 49.1 Å². The minimum Gasteiger partial charge on any atom is -0.297 e. The van der Waals surface area contributed by atoms with Gasteiger partial charge < -0.3 is 0 Å². The predicted octanol–water partition coefficient (Wildman–Crippen LogP) is 3.02. The Balaban J connectivity index is 1.45. The number of benzene rings is 1. The average molecular weight is 292 g/mol. The molecule has 1 N–H and O–H groups in total. The van der Waals surface area contributed by atoms with Crippen LogP contribution < -0.4 is 0 Å². The fourth-order valence-corrected chi connectivity index (χ4v) is 3.48. The summed E-state index contributed by atoms with van der Waals surface area (Å²) < 4.78 is 0. The highest BCUT2D eigenvalue weighted by atomic mass is 15.2. The number of pyridine rings is 1. The van der Waals surface area contributed by atoms with Gasteiger partial charge in [0.25, 0.3) is 0 Å². The first kappa shape index (κ1) is 13.5. The van der Waals surface area contributed by atoms with Gasteiger partial charge in [0.05, 0.1) is 5.52 Å². The molecule has 4 heteroatoms. The lowest BCUT2D eigenvalue weighted by Crippen LogP contribution is -2.20. The van der Waals surface area contributed by atoms with E-state index < -0.39 is 0 Å². The van der Waals surface area contributed by atoms with E-state index in [4.69, 9.17) is 0 Å². The normalized spacial score (nSPS) is 19.0. The predicted molar refractivity (Wildman–Crippen MR) is 87.4 cm³/mol. The highest BCUT2D eigenvalue weighted by Gasteiger charge is 2.23. The molecular weight excluding hydrogens is 272 g/mol. The Labute approximate surface area is 130 Å². The first-order chi connectivity index (χ1) is 10.9. The molecule has 3 aromatic rings. The average Bonchev–Trinajstić information content (AvgIpc) is 3.20. The Hall–Kier alpha value is -2.20. The number of rotatable bonds is 4. The van der Waals surface area contributed by atoms with Crippen molar-refractivity contribution in [2.45, 2.75) is 19.4 Å². The lowest BCUT2D eigenvalue weighted by molar-refractivity contribution is 0.312. The Morgan fingerprint density at radius 1 is 1.14 bits per heavy atom. The molecule has 4 nitrogen and oxygen atoms in total. The Bertz CT molecular complexity index is 745. The van der Waals surface area contributed by atoms with E-state index in [1.54, 1.807) is 0 Å². The fourth-order valence-electron chi connectivity index (χ4n) is 3.48. The van der Waals surface area contributed by atoms with E-state index in [-0.39, 0.29) is 0 Å². The van der Waals surface area contributed by atoms with Crippen LogP contribution in [0.4, 0.5) is 0 Å². The van der Waals surface area contributed by atoms with Crippen molar-refractivity contribution < 1.29 is 0 Å². The molecule has 0 amide bonds. The molecule has 22 heavy (non-hydrogen) atoms. The molecular formula is C18H20N4. The van der Waals surface area contributed by atoms with Crippen molar-refractivity contribution >= 4 is 10.9 Å². The zero-order valence-corrected chi connectivity index (χ0v) is 12.6. The number of hydrogen-bond donors (Lipinski definition) is 1. The largest absolute Gasteiger partial charge is 0.297 e. The second-order valence-electron chi connectivity index (χ2n) is 6.16. The monoisotopic (exact) mass is 292 g/mol. The molecule has 0 saturated carbocycles. The highest BCUT2D eigenvalue weighted by Crippen LogP contribution is 2.25. The van der Waals surface area contributed by atoms with E-state index in [0.29, 0.717) is 0 Å². The summed E-state index contributed by atoms with van der Waals surface area (Å²) in [6.45, 7) is 3.32. The molecule has 1 aliphatic rings. The third-order valence-corrected chi connectivity index (χ3v) is 4.57. The van der Waals surface area contributed by atoms with Crippen LogP contribution in [-0.2, 0) is 13.0 Å². The van der Waals surface area contributed by atoms with Gasteiger partial charge in [0.1, 0.15) is 0 Å². The van der Waals surface area contributed by atoms with Gasteiger partial charge in [-0.1, -0.05) is 18.2 Å². The summed E-state index contributed by atoms with van der Waals surface area (Å²) in [4.78, 5) is 6.98. The van der Waals surface area contributed by atoms with Crippen LogP contribution in [0.25, 0.3) is 10.9 Å². The van der Waals surface area contributed by atoms with Gasteiger partial charge >= 0.3 is 0 Å². The van der Waals surface area contributed by atoms with E-state index in [2.05, 4.69) is 56.5 Å². The standard InChI is InChI=1S/C18H20N4/c1-2-4-18-17(3-1)15(5-8-19-18)11-14-7-10-22(12-14)13-16-6-9-20-21-16/h1-6,8-9,14H,7,10-13H2,(H,20,21). The second-order valence-corrected chi connectivity index (χ2v) is 6.16. The summed E-state index contributed by atoms with van der Waals surface area (Å²) in [5.41, 5.74) is 3.74. The van der Waals surface area contributed by atoms with E-state index in [1.807, 2.05) is 12.4 Å². The summed E-state index contributed by atoms with van der Waals surface area (Å²) in [5.74, 6) is 0.730.